The van der Waals surface area contributed by atoms with Gasteiger partial charge in [-0.25, -0.2) is 13.2 Å². The number of rotatable bonds is 6. The SMILES string of the molecule is CCOC(=O)c1c(NC(=O)c2ccc(S(=O)(=O)N3C[C@H](C)C[C@@H](C)C3)cc2)sc2c1CCCC2. The second-order valence-corrected chi connectivity index (χ2v) is 12.4. The van der Waals surface area contributed by atoms with E-state index in [1.165, 1.54) is 35.6 Å². The maximum Gasteiger partial charge on any atom is 0.341 e. The molecule has 1 aliphatic carbocycles. The van der Waals surface area contributed by atoms with Gasteiger partial charge in [0.05, 0.1) is 17.1 Å². The van der Waals surface area contributed by atoms with Gasteiger partial charge in [0.1, 0.15) is 5.00 Å². The Labute approximate surface area is 205 Å². The zero-order valence-corrected chi connectivity index (χ0v) is 21.6. The lowest BCUT2D eigenvalue weighted by molar-refractivity contribution is 0.0526. The molecule has 34 heavy (non-hydrogen) atoms. The van der Waals surface area contributed by atoms with Gasteiger partial charge in [-0.05, 0) is 80.7 Å². The molecule has 2 aromatic rings. The smallest absolute Gasteiger partial charge is 0.341 e. The minimum Gasteiger partial charge on any atom is -0.462 e. The number of hydrogen-bond acceptors (Lipinski definition) is 6. The minimum absolute atomic E-state index is 0.184. The van der Waals surface area contributed by atoms with Crippen LogP contribution in [-0.2, 0) is 27.6 Å². The average Bonchev–Trinajstić information content (AvgIpc) is 3.16. The largest absolute Gasteiger partial charge is 0.462 e. The highest BCUT2D eigenvalue weighted by Crippen LogP contribution is 2.39. The number of carbonyl (C=O) groups excluding carboxylic acids is 2. The fraction of sp³-hybridized carbons (Fsp3) is 0.520. The van der Waals surface area contributed by atoms with Gasteiger partial charge in [-0.2, -0.15) is 4.31 Å². The Balaban J connectivity index is 1.54. The van der Waals surface area contributed by atoms with Crippen LogP contribution in [0.3, 0.4) is 0 Å². The summed E-state index contributed by atoms with van der Waals surface area (Å²) in [5.74, 6) is -0.167. The van der Waals surface area contributed by atoms with Crippen LogP contribution < -0.4 is 5.32 Å². The van der Waals surface area contributed by atoms with E-state index in [-0.39, 0.29) is 17.4 Å². The van der Waals surface area contributed by atoms with Crippen molar-refractivity contribution in [2.75, 3.05) is 25.0 Å². The molecule has 2 atom stereocenters. The molecule has 1 fully saturated rings. The number of anilines is 1. The van der Waals surface area contributed by atoms with E-state index in [0.29, 0.717) is 41.1 Å². The molecule has 1 aliphatic heterocycles. The molecule has 1 N–H and O–H groups in total. The molecule has 184 valence electrons. The van der Waals surface area contributed by atoms with Crippen LogP contribution >= 0.6 is 11.3 Å². The number of fused-ring (bicyclic) bond motifs is 1. The standard InChI is InChI=1S/C25H32N2O5S2/c1-4-32-25(29)22-20-7-5-6-8-21(20)33-24(22)26-23(28)18-9-11-19(12-10-18)34(30,31)27-14-16(2)13-17(3)15-27/h9-12,16-17H,4-8,13-15H2,1-3H3,(H,26,28)/t16-,17-/m1/s1. The van der Waals surface area contributed by atoms with Crippen LogP contribution in [-0.4, -0.2) is 44.3 Å². The van der Waals surface area contributed by atoms with Crippen molar-refractivity contribution in [3.63, 3.8) is 0 Å². The van der Waals surface area contributed by atoms with Gasteiger partial charge in [-0.15, -0.1) is 11.3 Å². The van der Waals surface area contributed by atoms with Crippen molar-refractivity contribution < 1.29 is 22.7 Å². The molecule has 0 saturated carbocycles. The highest BCUT2D eigenvalue weighted by Gasteiger charge is 2.32. The Bertz CT molecular complexity index is 1160. The lowest BCUT2D eigenvalue weighted by Gasteiger charge is -2.34. The summed E-state index contributed by atoms with van der Waals surface area (Å²) in [4.78, 5) is 26.9. The highest BCUT2D eigenvalue weighted by molar-refractivity contribution is 7.89. The van der Waals surface area contributed by atoms with E-state index in [1.54, 1.807) is 11.2 Å². The summed E-state index contributed by atoms with van der Waals surface area (Å²) in [5, 5.41) is 3.38. The zero-order valence-electron chi connectivity index (χ0n) is 19.9. The van der Waals surface area contributed by atoms with Gasteiger partial charge in [0, 0.05) is 23.5 Å². The van der Waals surface area contributed by atoms with Gasteiger partial charge in [0.2, 0.25) is 10.0 Å². The van der Waals surface area contributed by atoms with Crippen molar-refractivity contribution >= 4 is 38.2 Å². The molecule has 7 nitrogen and oxygen atoms in total. The highest BCUT2D eigenvalue weighted by atomic mass is 32.2. The van der Waals surface area contributed by atoms with Gasteiger partial charge < -0.3 is 10.1 Å². The van der Waals surface area contributed by atoms with Crippen molar-refractivity contribution in [2.45, 2.75) is 57.8 Å². The summed E-state index contributed by atoms with van der Waals surface area (Å²) in [7, 11) is -3.61. The third kappa shape index (κ3) is 5.06. The predicted octanol–water partition coefficient (Wildman–Crippen LogP) is 4.72. The molecule has 1 aromatic carbocycles. The molecule has 0 radical (unpaired) electrons. The third-order valence-electron chi connectivity index (χ3n) is 6.47. The van der Waals surface area contributed by atoms with E-state index < -0.39 is 16.0 Å². The molecule has 1 aromatic heterocycles. The second kappa shape index (κ2) is 10.2. The zero-order chi connectivity index (χ0) is 24.5. The first-order valence-electron chi connectivity index (χ1n) is 11.9. The Morgan fingerprint density at radius 2 is 1.74 bits per heavy atom. The number of esters is 1. The number of benzene rings is 1. The van der Waals surface area contributed by atoms with Crippen LogP contribution in [0.4, 0.5) is 5.00 Å². The Morgan fingerprint density at radius 3 is 2.38 bits per heavy atom. The van der Waals surface area contributed by atoms with Crippen LogP contribution in [0.25, 0.3) is 0 Å². The average molecular weight is 505 g/mol. The number of nitrogens with one attached hydrogen (secondary N) is 1. The van der Waals surface area contributed by atoms with Gasteiger partial charge in [0.15, 0.2) is 0 Å². The summed E-state index contributed by atoms with van der Waals surface area (Å²) in [6.07, 6.45) is 4.78. The Kier molecular flexibility index (Phi) is 7.45. The summed E-state index contributed by atoms with van der Waals surface area (Å²) < 4.78 is 33.0. The first kappa shape index (κ1) is 24.9. The number of thiophene rings is 1. The lowest BCUT2D eigenvalue weighted by Crippen LogP contribution is -2.42. The quantitative estimate of drug-likeness (QED) is 0.575. The number of aryl methyl sites for hydroxylation is 1. The number of piperidine rings is 1. The Hall–Kier alpha value is -2.23. The fourth-order valence-corrected chi connectivity index (χ4v) is 7.93. The molecular formula is C25H32N2O5S2. The Morgan fingerprint density at radius 1 is 1.09 bits per heavy atom. The van der Waals surface area contributed by atoms with E-state index >= 15 is 0 Å². The second-order valence-electron chi connectivity index (χ2n) is 9.38. The summed E-state index contributed by atoms with van der Waals surface area (Å²) in [6, 6.07) is 6.02. The minimum atomic E-state index is -3.61. The summed E-state index contributed by atoms with van der Waals surface area (Å²) in [5.41, 5.74) is 1.78. The lowest BCUT2D eigenvalue weighted by atomic mass is 9.94. The van der Waals surface area contributed by atoms with Crippen molar-refractivity contribution in [2.24, 2.45) is 11.8 Å². The molecule has 0 spiro atoms. The summed E-state index contributed by atoms with van der Waals surface area (Å²) in [6.45, 7) is 7.18. The van der Waals surface area contributed by atoms with Gasteiger partial charge in [0.25, 0.3) is 5.91 Å². The maximum absolute atomic E-state index is 13.1. The van der Waals surface area contributed by atoms with Gasteiger partial charge in [-0.1, -0.05) is 13.8 Å². The monoisotopic (exact) mass is 504 g/mol. The van der Waals surface area contributed by atoms with Crippen molar-refractivity contribution in [1.29, 1.82) is 0 Å². The number of carbonyl (C=O) groups is 2. The molecule has 0 bridgehead atoms. The molecule has 9 heteroatoms. The van der Waals surface area contributed by atoms with Gasteiger partial charge in [-0.3, -0.25) is 4.79 Å². The van der Waals surface area contributed by atoms with E-state index in [9.17, 15) is 18.0 Å². The van der Waals surface area contributed by atoms with Gasteiger partial charge >= 0.3 is 5.97 Å². The predicted molar refractivity (Wildman–Crippen MR) is 133 cm³/mol. The van der Waals surface area contributed by atoms with Crippen molar-refractivity contribution in [1.82, 2.24) is 4.31 Å². The first-order valence-corrected chi connectivity index (χ1v) is 14.2. The van der Waals surface area contributed by atoms with Crippen LogP contribution in [0, 0.1) is 11.8 Å². The fourth-order valence-electron chi connectivity index (χ4n) is 4.98. The maximum atomic E-state index is 13.1. The molecule has 1 saturated heterocycles. The van der Waals surface area contributed by atoms with E-state index in [2.05, 4.69) is 19.2 Å². The van der Waals surface area contributed by atoms with Crippen LogP contribution in [0.5, 0.6) is 0 Å². The number of hydrogen-bond donors (Lipinski definition) is 1. The number of ether oxygens (including phenoxy) is 1. The topological polar surface area (TPSA) is 92.8 Å². The normalized spacial score (nSPS) is 21.0. The molecule has 2 heterocycles. The van der Waals surface area contributed by atoms with Crippen molar-refractivity contribution in [3.8, 4) is 0 Å². The molecule has 4 rings (SSSR count). The molecule has 1 amide bonds. The first-order chi connectivity index (χ1) is 16.2. The molecule has 2 aliphatic rings. The number of amides is 1. The van der Waals surface area contributed by atoms with E-state index in [4.69, 9.17) is 4.74 Å². The van der Waals surface area contributed by atoms with Crippen LogP contribution in [0.15, 0.2) is 29.2 Å². The third-order valence-corrected chi connectivity index (χ3v) is 9.52. The summed E-state index contributed by atoms with van der Waals surface area (Å²) >= 11 is 1.43. The van der Waals surface area contributed by atoms with Crippen LogP contribution in [0.2, 0.25) is 0 Å². The molecular weight excluding hydrogens is 472 g/mol. The number of nitrogens with zero attached hydrogens (tertiary/aromatic N) is 1. The van der Waals surface area contributed by atoms with Crippen LogP contribution in [0.1, 0.15) is 71.2 Å². The molecule has 0 unspecified atom stereocenters. The van der Waals surface area contributed by atoms with Crippen molar-refractivity contribution in [3.05, 3.63) is 45.8 Å². The van der Waals surface area contributed by atoms with E-state index in [1.807, 2.05) is 0 Å². The van der Waals surface area contributed by atoms with E-state index in [0.717, 1.165) is 42.5 Å². The number of sulfonamides is 1.